The van der Waals surface area contributed by atoms with Gasteiger partial charge in [0.25, 0.3) is 5.91 Å². The van der Waals surface area contributed by atoms with E-state index in [0.29, 0.717) is 5.56 Å². The van der Waals surface area contributed by atoms with Crippen LogP contribution in [0.1, 0.15) is 65.0 Å². The molecule has 0 bridgehead atoms. The van der Waals surface area contributed by atoms with E-state index in [1.54, 1.807) is 13.0 Å². The molecule has 0 saturated carbocycles. The molecule has 7 heteroatoms. The summed E-state index contributed by atoms with van der Waals surface area (Å²) in [5.74, 6) is -0.662. The predicted octanol–water partition coefficient (Wildman–Crippen LogP) is 6.14. The lowest BCUT2D eigenvalue weighted by Crippen LogP contribution is -2.28. The van der Waals surface area contributed by atoms with Crippen LogP contribution >= 0.6 is 45.2 Å². The van der Waals surface area contributed by atoms with Crippen LogP contribution in [-0.2, 0) is 0 Å². The molecule has 2 saturated heterocycles. The molecule has 2 N–H and O–H groups in total. The minimum Gasteiger partial charge on any atom is -0.478 e. The van der Waals surface area contributed by atoms with Crippen LogP contribution in [0.15, 0.2) is 36.4 Å². The highest BCUT2D eigenvalue weighted by atomic mass is 127. The molecule has 0 aliphatic carbocycles. The molecule has 5 nitrogen and oxygen atoms in total. The molecule has 2 aromatic rings. The van der Waals surface area contributed by atoms with Gasteiger partial charge >= 0.3 is 5.97 Å². The molecule has 1 amide bonds. The van der Waals surface area contributed by atoms with Crippen molar-refractivity contribution in [3.05, 3.63) is 65.8 Å². The molecular formula is C25H34I2N2O3. The number of amides is 1. The van der Waals surface area contributed by atoms with Gasteiger partial charge in [0.1, 0.15) is 0 Å². The van der Waals surface area contributed by atoms with Crippen LogP contribution in [-0.4, -0.2) is 48.1 Å². The van der Waals surface area contributed by atoms with Gasteiger partial charge in [-0.2, -0.15) is 0 Å². The summed E-state index contributed by atoms with van der Waals surface area (Å²) in [5, 5.41) is 11.9. The van der Waals surface area contributed by atoms with Crippen molar-refractivity contribution >= 4 is 57.1 Å². The fourth-order valence-corrected chi connectivity index (χ4v) is 4.35. The molecule has 4 rings (SSSR count). The number of aryl methyl sites for hydroxylation is 2. The molecule has 2 fully saturated rings. The Morgan fingerprint density at radius 3 is 1.72 bits per heavy atom. The number of carbonyl (C=O) groups excluding carboxylic acids is 1. The molecule has 0 atom stereocenters. The molecule has 0 unspecified atom stereocenters. The second-order valence-electron chi connectivity index (χ2n) is 7.68. The minimum absolute atomic E-state index is 0. The van der Waals surface area contributed by atoms with E-state index >= 15 is 0 Å². The summed E-state index contributed by atoms with van der Waals surface area (Å²) in [6, 6.07) is 11.4. The van der Waals surface area contributed by atoms with Gasteiger partial charge in [-0.15, -0.1) is 0 Å². The third kappa shape index (κ3) is 9.35. The van der Waals surface area contributed by atoms with E-state index < -0.39 is 5.97 Å². The van der Waals surface area contributed by atoms with Gasteiger partial charge in [0, 0.05) is 25.8 Å². The molecule has 32 heavy (non-hydrogen) atoms. The van der Waals surface area contributed by atoms with E-state index in [2.05, 4.69) is 50.5 Å². The quantitative estimate of drug-likeness (QED) is 0.379. The Balaban J connectivity index is 0.000000264. The summed E-state index contributed by atoms with van der Waals surface area (Å²) in [5.41, 5.74) is 3.13. The van der Waals surface area contributed by atoms with E-state index in [9.17, 15) is 9.59 Å². The molecule has 2 aliphatic rings. The van der Waals surface area contributed by atoms with E-state index in [-0.39, 0.29) is 13.3 Å². The number of hydrogen-bond acceptors (Lipinski definition) is 3. The van der Waals surface area contributed by atoms with Crippen molar-refractivity contribution in [1.29, 1.82) is 0 Å². The summed E-state index contributed by atoms with van der Waals surface area (Å²) in [7, 11) is 0. The van der Waals surface area contributed by atoms with Crippen molar-refractivity contribution in [2.24, 2.45) is 0 Å². The summed E-state index contributed by atoms with van der Waals surface area (Å²) < 4.78 is 2.08. The zero-order valence-electron chi connectivity index (χ0n) is 18.1. The smallest absolute Gasteiger partial charge is 0.335 e. The molecular weight excluding hydrogens is 630 g/mol. The number of likely N-dealkylation sites (tertiary alicyclic amines) is 1. The minimum atomic E-state index is -0.860. The first-order valence-electron chi connectivity index (χ1n) is 10.5. The lowest BCUT2D eigenvalue weighted by atomic mass is 10.1. The van der Waals surface area contributed by atoms with Crippen molar-refractivity contribution in [3.8, 4) is 0 Å². The Bertz CT molecular complexity index is 885. The molecule has 176 valence electrons. The third-order valence-corrected chi connectivity index (χ3v) is 6.55. The Morgan fingerprint density at radius 1 is 0.844 bits per heavy atom. The summed E-state index contributed by atoms with van der Waals surface area (Å²) in [6.07, 6.45) is 5.07. The van der Waals surface area contributed by atoms with E-state index in [1.165, 1.54) is 25.9 Å². The Kier molecular flexibility index (Phi) is 13.4. The molecule has 0 aromatic heterocycles. The van der Waals surface area contributed by atoms with Crippen LogP contribution < -0.4 is 5.32 Å². The Hall–Kier alpha value is -1.20. The first-order chi connectivity index (χ1) is 14.8. The molecule has 0 radical (unpaired) electrons. The summed E-state index contributed by atoms with van der Waals surface area (Å²) in [6.45, 7) is 8.13. The predicted molar refractivity (Wildman–Crippen MR) is 149 cm³/mol. The van der Waals surface area contributed by atoms with Gasteiger partial charge in [-0.1, -0.05) is 19.6 Å². The molecule has 2 heterocycles. The average molecular weight is 664 g/mol. The van der Waals surface area contributed by atoms with Crippen molar-refractivity contribution < 1.29 is 14.7 Å². The zero-order valence-corrected chi connectivity index (χ0v) is 22.4. The van der Waals surface area contributed by atoms with E-state index in [4.69, 9.17) is 5.11 Å². The topological polar surface area (TPSA) is 69.6 Å². The number of carbonyl (C=O) groups is 2. The van der Waals surface area contributed by atoms with Crippen molar-refractivity contribution in [2.75, 3.05) is 26.2 Å². The van der Waals surface area contributed by atoms with E-state index in [0.717, 1.165) is 49.8 Å². The van der Waals surface area contributed by atoms with Crippen LogP contribution in [0.5, 0.6) is 0 Å². The summed E-state index contributed by atoms with van der Waals surface area (Å²) >= 11 is 4.34. The third-order valence-electron chi connectivity index (χ3n) is 5.21. The number of benzene rings is 2. The number of aromatic carboxylic acids is 1. The number of halogens is 2. The highest BCUT2D eigenvalue weighted by Gasteiger charge is 2.20. The van der Waals surface area contributed by atoms with Gasteiger partial charge in [-0.3, -0.25) is 4.79 Å². The fraction of sp³-hybridized carbons (Fsp3) is 0.440. The number of hydrogen-bond donors (Lipinski definition) is 2. The first kappa shape index (κ1) is 28.8. The van der Waals surface area contributed by atoms with Gasteiger partial charge in [0.15, 0.2) is 0 Å². The highest BCUT2D eigenvalue weighted by Crippen LogP contribution is 2.18. The van der Waals surface area contributed by atoms with Crippen LogP contribution in [0, 0.1) is 21.0 Å². The molecule has 0 spiro atoms. The molecule has 2 aromatic carbocycles. The maximum Gasteiger partial charge on any atom is 0.335 e. The van der Waals surface area contributed by atoms with Crippen LogP contribution in [0.2, 0.25) is 0 Å². The van der Waals surface area contributed by atoms with Crippen LogP contribution in [0.25, 0.3) is 0 Å². The van der Waals surface area contributed by atoms with Crippen LogP contribution in [0.4, 0.5) is 0 Å². The number of nitrogens with zero attached hydrogens (tertiary/aromatic N) is 1. The summed E-state index contributed by atoms with van der Waals surface area (Å²) in [4.78, 5) is 24.7. The zero-order chi connectivity index (χ0) is 22.8. The first-order valence-corrected chi connectivity index (χ1v) is 12.7. The maximum absolute atomic E-state index is 12.1. The number of carboxylic acids is 1. The molecule has 2 aliphatic heterocycles. The lowest BCUT2D eigenvalue weighted by molar-refractivity contribution is 0.0695. The van der Waals surface area contributed by atoms with E-state index in [1.807, 2.05) is 42.2 Å². The average Bonchev–Trinajstić information content (AvgIpc) is 3.48. The van der Waals surface area contributed by atoms with Gasteiger partial charge in [0.2, 0.25) is 0 Å². The van der Waals surface area contributed by atoms with Gasteiger partial charge < -0.3 is 15.3 Å². The monoisotopic (exact) mass is 664 g/mol. The van der Waals surface area contributed by atoms with Crippen LogP contribution in [0.3, 0.4) is 0 Å². The Morgan fingerprint density at radius 2 is 1.31 bits per heavy atom. The number of nitrogens with one attached hydrogen (secondary N) is 1. The van der Waals surface area contributed by atoms with Crippen molar-refractivity contribution in [2.45, 2.75) is 47.0 Å². The van der Waals surface area contributed by atoms with Gasteiger partial charge in [-0.05, 0) is 133 Å². The standard InChI is InChI=1S/C12H14INO.C8H7IO2.C4H9N.CH4/c1-9-4-5-10(13)8-11(9)12(15)14-6-2-3-7-14;1-5-2-3-6(9)4-7(5)8(10)11;1-2-4-5-3-1;/h4-5,8H,2-3,6-7H2,1H3;2-4H,1H3,(H,10,11);5H,1-4H2;1H4. The van der Waals surface area contributed by atoms with Gasteiger partial charge in [-0.25, -0.2) is 4.79 Å². The maximum atomic E-state index is 12.1. The second-order valence-corrected chi connectivity index (χ2v) is 10.2. The number of carboxylic acid groups (broad SMARTS) is 1. The Labute approximate surface area is 219 Å². The highest BCUT2D eigenvalue weighted by molar-refractivity contribution is 14.1. The van der Waals surface area contributed by atoms with Gasteiger partial charge in [0.05, 0.1) is 5.56 Å². The van der Waals surface area contributed by atoms with Crippen molar-refractivity contribution in [3.63, 3.8) is 0 Å². The second kappa shape index (κ2) is 14.8. The lowest BCUT2D eigenvalue weighted by Gasteiger charge is -2.16. The fourth-order valence-electron chi connectivity index (χ4n) is 3.36. The number of rotatable bonds is 2. The van der Waals surface area contributed by atoms with Crippen molar-refractivity contribution in [1.82, 2.24) is 10.2 Å². The SMILES string of the molecule is C.C1CCNC1.Cc1ccc(I)cc1C(=O)N1CCCC1.Cc1ccc(I)cc1C(=O)O. The normalized spacial score (nSPS) is 14.4. The largest absolute Gasteiger partial charge is 0.478 e.